The van der Waals surface area contributed by atoms with E-state index in [9.17, 15) is 4.79 Å². The van der Waals surface area contributed by atoms with Gasteiger partial charge in [-0.3, -0.25) is 9.69 Å². The number of esters is 1. The predicted octanol–water partition coefficient (Wildman–Crippen LogP) is 1.99. The fraction of sp³-hybridized carbons (Fsp3) is 0.909. The molecule has 0 amide bonds. The zero-order valence-electron chi connectivity index (χ0n) is 9.28. The number of hydrogen-bond acceptors (Lipinski definition) is 3. The van der Waals surface area contributed by atoms with Crippen molar-refractivity contribution in [3.63, 3.8) is 0 Å². The molecule has 2 heterocycles. The molecule has 0 aromatic rings. The number of hydrogen-bond donors (Lipinski definition) is 0. The van der Waals surface area contributed by atoms with Crippen LogP contribution in [0.4, 0.5) is 0 Å². The lowest BCUT2D eigenvalue weighted by atomic mass is 9.91. The van der Waals surface area contributed by atoms with E-state index in [1.165, 1.54) is 45.7 Å². The number of nitrogens with zero attached hydrogens (tertiary/aromatic N) is 1. The van der Waals surface area contributed by atoms with Gasteiger partial charge in [0.25, 0.3) is 0 Å². The molecule has 0 aliphatic carbocycles. The lowest BCUT2D eigenvalue weighted by Crippen LogP contribution is -2.51. The second-order valence-corrected chi connectivity index (χ2v) is 4.39. The Balaban J connectivity index is 0.00000112. The number of rotatable bonds is 1. The van der Waals surface area contributed by atoms with E-state index in [1.54, 1.807) is 0 Å². The minimum atomic E-state index is -0.123. The Bertz CT molecular complexity index is 221. The fourth-order valence-corrected chi connectivity index (χ4v) is 2.75. The standard InChI is InChI=1S/C11H19NO2.ClH/c1-9(13)14-11-6-4-8-12-7-3-2-5-10(11)12;/h10-11H,2-8H2,1H3;1H/t10-,11+;/m1./s1. The van der Waals surface area contributed by atoms with Crippen LogP contribution in [0.2, 0.25) is 0 Å². The van der Waals surface area contributed by atoms with Gasteiger partial charge in [0.2, 0.25) is 0 Å². The Kier molecular flexibility index (Phi) is 4.87. The molecule has 2 saturated heterocycles. The first-order valence-corrected chi connectivity index (χ1v) is 5.68. The smallest absolute Gasteiger partial charge is 0.302 e. The van der Waals surface area contributed by atoms with Crippen LogP contribution in [-0.2, 0) is 9.53 Å². The molecular formula is C11H20ClNO2. The van der Waals surface area contributed by atoms with Crippen LogP contribution in [0.1, 0.15) is 39.0 Å². The van der Waals surface area contributed by atoms with Crippen molar-refractivity contribution in [1.82, 2.24) is 4.90 Å². The summed E-state index contributed by atoms with van der Waals surface area (Å²) in [6, 6.07) is 0.515. The Morgan fingerprint density at radius 3 is 2.67 bits per heavy atom. The van der Waals surface area contributed by atoms with E-state index in [2.05, 4.69) is 4.90 Å². The van der Waals surface area contributed by atoms with E-state index in [4.69, 9.17) is 4.74 Å². The van der Waals surface area contributed by atoms with E-state index >= 15 is 0 Å². The second-order valence-electron chi connectivity index (χ2n) is 4.39. The van der Waals surface area contributed by atoms with Crippen molar-refractivity contribution in [3.05, 3.63) is 0 Å². The minimum absolute atomic E-state index is 0. The van der Waals surface area contributed by atoms with Crippen molar-refractivity contribution in [2.45, 2.75) is 51.2 Å². The zero-order valence-corrected chi connectivity index (χ0v) is 10.1. The summed E-state index contributed by atoms with van der Waals surface area (Å²) in [4.78, 5) is 13.4. The van der Waals surface area contributed by atoms with Crippen LogP contribution < -0.4 is 0 Å². The van der Waals surface area contributed by atoms with Gasteiger partial charge >= 0.3 is 5.97 Å². The normalized spacial score (nSPS) is 31.3. The third-order valence-corrected chi connectivity index (χ3v) is 3.34. The largest absolute Gasteiger partial charge is 0.461 e. The van der Waals surface area contributed by atoms with Gasteiger partial charge in [-0.15, -0.1) is 12.4 Å². The summed E-state index contributed by atoms with van der Waals surface area (Å²) in [7, 11) is 0. The molecule has 3 nitrogen and oxygen atoms in total. The molecule has 0 spiro atoms. The number of halogens is 1. The van der Waals surface area contributed by atoms with E-state index in [1.807, 2.05) is 0 Å². The van der Waals surface area contributed by atoms with Gasteiger partial charge in [0.15, 0.2) is 0 Å². The maximum Gasteiger partial charge on any atom is 0.302 e. The molecule has 2 aliphatic heterocycles. The molecule has 2 fully saturated rings. The van der Waals surface area contributed by atoms with E-state index < -0.39 is 0 Å². The van der Waals surface area contributed by atoms with Crippen molar-refractivity contribution in [2.24, 2.45) is 0 Å². The van der Waals surface area contributed by atoms with Crippen LogP contribution in [0.15, 0.2) is 0 Å². The molecule has 0 aromatic heterocycles. The topological polar surface area (TPSA) is 29.5 Å². The van der Waals surface area contributed by atoms with Gasteiger partial charge in [0.05, 0.1) is 0 Å². The summed E-state index contributed by atoms with van der Waals surface area (Å²) in [6.45, 7) is 3.91. The molecule has 2 atom stereocenters. The van der Waals surface area contributed by atoms with Crippen molar-refractivity contribution in [3.8, 4) is 0 Å². The lowest BCUT2D eigenvalue weighted by molar-refractivity contribution is -0.153. The van der Waals surface area contributed by atoms with Crippen LogP contribution in [0.5, 0.6) is 0 Å². The monoisotopic (exact) mass is 233 g/mol. The number of piperidine rings is 2. The summed E-state index contributed by atoms with van der Waals surface area (Å²) >= 11 is 0. The zero-order chi connectivity index (χ0) is 9.97. The van der Waals surface area contributed by atoms with Crippen LogP contribution >= 0.6 is 12.4 Å². The number of ether oxygens (including phenoxy) is 1. The van der Waals surface area contributed by atoms with Crippen LogP contribution in [0.3, 0.4) is 0 Å². The van der Waals surface area contributed by atoms with Crippen molar-refractivity contribution in [1.29, 1.82) is 0 Å². The second kappa shape index (κ2) is 5.71. The summed E-state index contributed by atoms with van der Waals surface area (Å²) in [5, 5.41) is 0. The maximum absolute atomic E-state index is 10.9. The van der Waals surface area contributed by atoms with Gasteiger partial charge in [-0.1, -0.05) is 6.42 Å². The quantitative estimate of drug-likeness (QED) is 0.649. The van der Waals surface area contributed by atoms with Gasteiger partial charge in [-0.05, 0) is 38.8 Å². The highest BCUT2D eigenvalue weighted by molar-refractivity contribution is 5.85. The highest BCUT2D eigenvalue weighted by Gasteiger charge is 2.34. The Morgan fingerprint density at radius 1 is 1.20 bits per heavy atom. The number of carbonyl (C=O) groups excluding carboxylic acids is 1. The average molecular weight is 234 g/mol. The van der Waals surface area contributed by atoms with Gasteiger partial charge in [-0.25, -0.2) is 0 Å². The van der Waals surface area contributed by atoms with E-state index in [0.717, 1.165) is 6.42 Å². The molecule has 0 saturated carbocycles. The first-order chi connectivity index (χ1) is 6.77. The van der Waals surface area contributed by atoms with Gasteiger partial charge in [0.1, 0.15) is 6.10 Å². The SMILES string of the molecule is CC(=O)O[C@H]1CCCN2CCCC[C@H]12.Cl. The Labute approximate surface area is 97.6 Å². The fourth-order valence-electron chi connectivity index (χ4n) is 2.75. The highest BCUT2D eigenvalue weighted by atomic mass is 35.5. The van der Waals surface area contributed by atoms with Crippen molar-refractivity contribution in [2.75, 3.05) is 13.1 Å². The molecule has 0 bridgehead atoms. The van der Waals surface area contributed by atoms with Gasteiger partial charge in [-0.2, -0.15) is 0 Å². The minimum Gasteiger partial charge on any atom is -0.461 e. The molecule has 15 heavy (non-hydrogen) atoms. The van der Waals surface area contributed by atoms with Crippen LogP contribution in [-0.4, -0.2) is 36.1 Å². The molecule has 88 valence electrons. The Morgan fingerprint density at radius 2 is 1.93 bits per heavy atom. The summed E-state index contributed by atoms with van der Waals surface area (Å²) in [6.07, 6.45) is 6.21. The molecule has 0 N–H and O–H groups in total. The molecular weight excluding hydrogens is 214 g/mol. The van der Waals surface area contributed by atoms with Gasteiger partial charge < -0.3 is 4.74 Å². The predicted molar refractivity (Wildman–Crippen MR) is 61.2 cm³/mol. The molecule has 2 aliphatic rings. The average Bonchev–Trinajstić information content (AvgIpc) is 2.18. The maximum atomic E-state index is 10.9. The molecule has 0 aromatic carbocycles. The van der Waals surface area contributed by atoms with Crippen LogP contribution in [0.25, 0.3) is 0 Å². The molecule has 2 rings (SSSR count). The number of carbonyl (C=O) groups is 1. The molecule has 4 heteroatoms. The lowest BCUT2D eigenvalue weighted by Gasteiger charge is -2.43. The third-order valence-electron chi connectivity index (χ3n) is 3.34. The first-order valence-electron chi connectivity index (χ1n) is 5.68. The van der Waals surface area contributed by atoms with Gasteiger partial charge in [0, 0.05) is 13.0 Å². The molecule has 0 radical (unpaired) electrons. The molecule has 0 unspecified atom stereocenters. The number of fused-ring (bicyclic) bond motifs is 1. The summed E-state index contributed by atoms with van der Waals surface area (Å²) in [5.41, 5.74) is 0. The van der Waals surface area contributed by atoms with Crippen molar-refractivity contribution >= 4 is 18.4 Å². The van der Waals surface area contributed by atoms with E-state index in [-0.39, 0.29) is 24.5 Å². The Hall–Kier alpha value is -0.280. The summed E-state index contributed by atoms with van der Waals surface area (Å²) < 4.78 is 5.38. The van der Waals surface area contributed by atoms with E-state index in [0.29, 0.717) is 6.04 Å². The first kappa shape index (κ1) is 12.8. The van der Waals surface area contributed by atoms with Crippen molar-refractivity contribution < 1.29 is 9.53 Å². The highest BCUT2D eigenvalue weighted by Crippen LogP contribution is 2.28. The summed E-state index contributed by atoms with van der Waals surface area (Å²) in [5.74, 6) is -0.123. The third kappa shape index (κ3) is 3.08. The van der Waals surface area contributed by atoms with Crippen LogP contribution in [0, 0.1) is 0 Å².